The van der Waals surface area contributed by atoms with Gasteiger partial charge in [-0.1, -0.05) is 12.1 Å². The van der Waals surface area contributed by atoms with Gasteiger partial charge in [0.25, 0.3) is 0 Å². The molecule has 0 bridgehead atoms. The van der Waals surface area contributed by atoms with Crippen molar-refractivity contribution in [2.75, 3.05) is 7.11 Å². The van der Waals surface area contributed by atoms with E-state index in [2.05, 4.69) is 28.9 Å². The van der Waals surface area contributed by atoms with Crippen molar-refractivity contribution in [3.63, 3.8) is 0 Å². The van der Waals surface area contributed by atoms with Crippen molar-refractivity contribution in [1.82, 2.24) is 5.32 Å². The molecule has 5 heteroatoms. The molecule has 1 heterocycles. The van der Waals surface area contributed by atoms with E-state index >= 15 is 0 Å². The van der Waals surface area contributed by atoms with Gasteiger partial charge in [0.05, 0.1) is 7.11 Å². The molecule has 0 amide bonds. The maximum absolute atomic E-state index is 5.83. The van der Waals surface area contributed by atoms with E-state index in [-0.39, 0.29) is 12.4 Å². The van der Waals surface area contributed by atoms with Crippen molar-refractivity contribution in [1.29, 1.82) is 0 Å². The standard InChI is InChI=1S/C16H19NO2S.ClH/c1-18-16-9-12(10-17-13-5-6-13)4-7-15(16)19-11-14-3-2-8-20-14;/h2-4,7-9,13,17H,5-6,10-11H2,1H3;1H/p-1. The summed E-state index contributed by atoms with van der Waals surface area (Å²) in [6.07, 6.45) is 2.61. The van der Waals surface area contributed by atoms with Gasteiger partial charge in [-0.3, -0.25) is 0 Å². The van der Waals surface area contributed by atoms with E-state index in [1.807, 2.05) is 12.1 Å². The molecule has 1 aliphatic rings. The molecule has 1 saturated carbocycles. The third-order valence-electron chi connectivity index (χ3n) is 3.35. The predicted octanol–water partition coefficient (Wildman–Crippen LogP) is 0.592. The molecule has 0 radical (unpaired) electrons. The van der Waals surface area contributed by atoms with Gasteiger partial charge in [0.15, 0.2) is 11.5 Å². The molecule has 21 heavy (non-hydrogen) atoms. The molecule has 114 valence electrons. The van der Waals surface area contributed by atoms with Crippen LogP contribution in [-0.2, 0) is 13.2 Å². The summed E-state index contributed by atoms with van der Waals surface area (Å²) >= 11 is 1.70. The Balaban J connectivity index is 0.00000161. The summed E-state index contributed by atoms with van der Waals surface area (Å²) in [6.45, 7) is 1.49. The zero-order chi connectivity index (χ0) is 13.8. The van der Waals surface area contributed by atoms with Crippen LogP contribution in [0, 0.1) is 0 Å². The molecule has 2 aromatic rings. The first kappa shape index (κ1) is 16.1. The molecular formula is C16H19ClNO2S-. The number of hydrogen-bond donors (Lipinski definition) is 1. The van der Waals surface area contributed by atoms with E-state index in [0.29, 0.717) is 6.61 Å². The monoisotopic (exact) mass is 324 g/mol. The van der Waals surface area contributed by atoms with Gasteiger partial charge in [0.2, 0.25) is 0 Å². The van der Waals surface area contributed by atoms with Gasteiger partial charge in [0, 0.05) is 17.5 Å². The Morgan fingerprint density at radius 1 is 1.24 bits per heavy atom. The van der Waals surface area contributed by atoms with E-state index in [0.717, 1.165) is 24.1 Å². The van der Waals surface area contributed by atoms with Crippen LogP contribution in [0.15, 0.2) is 35.7 Å². The molecule has 0 unspecified atom stereocenters. The van der Waals surface area contributed by atoms with Crippen LogP contribution in [0.4, 0.5) is 0 Å². The van der Waals surface area contributed by atoms with Gasteiger partial charge in [-0.2, -0.15) is 0 Å². The first-order chi connectivity index (χ1) is 9.85. The molecule has 0 atom stereocenters. The number of ether oxygens (including phenoxy) is 2. The third-order valence-corrected chi connectivity index (χ3v) is 4.20. The Morgan fingerprint density at radius 2 is 2.10 bits per heavy atom. The summed E-state index contributed by atoms with van der Waals surface area (Å²) in [7, 11) is 1.69. The minimum atomic E-state index is 0. The second-order valence-electron chi connectivity index (χ2n) is 5.01. The molecule has 0 saturated heterocycles. The van der Waals surface area contributed by atoms with Crippen LogP contribution < -0.4 is 27.2 Å². The topological polar surface area (TPSA) is 30.5 Å². The molecule has 0 spiro atoms. The van der Waals surface area contributed by atoms with Gasteiger partial charge in [-0.15, -0.1) is 11.3 Å². The Kier molecular flexibility index (Phi) is 5.91. The highest BCUT2D eigenvalue weighted by Crippen LogP contribution is 2.29. The first-order valence-electron chi connectivity index (χ1n) is 6.90. The number of halogens is 1. The van der Waals surface area contributed by atoms with E-state index in [1.54, 1.807) is 18.4 Å². The zero-order valence-corrected chi connectivity index (χ0v) is 13.5. The lowest BCUT2D eigenvalue weighted by molar-refractivity contribution is -0.00000461. The molecule has 1 fully saturated rings. The van der Waals surface area contributed by atoms with Crippen molar-refractivity contribution in [3.8, 4) is 11.5 Å². The van der Waals surface area contributed by atoms with Crippen molar-refractivity contribution in [2.24, 2.45) is 0 Å². The lowest BCUT2D eigenvalue weighted by atomic mass is 10.2. The number of thiophene rings is 1. The molecule has 1 aromatic heterocycles. The maximum Gasteiger partial charge on any atom is 0.161 e. The van der Waals surface area contributed by atoms with Gasteiger partial charge in [0.1, 0.15) is 6.61 Å². The fourth-order valence-electron chi connectivity index (χ4n) is 2.03. The summed E-state index contributed by atoms with van der Waals surface area (Å²) in [5.74, 6) is 1.60. The smallest absolute Gasteiger partial charge is 0.161 e. The Hall–Kier alpha value is -1.23. The normalized spacial score (nSPS) is 13.6. The average molecular weight is 325 g/mol. The number of hydrogen-bond acceptors (Lipinski definition) is 4. The predicted molar refractivity (Wildman–Crippen MR) is 81.5 cm³/mol. The number of methoxy groups -OCH3 is 1. The second kappa shape index (κ2) is 7.69. The SMILES string of the molecule is COc1cc(CNC2CC2)ccc1OCc1cccs1.[Cl-]. The lowest BCUT2D eigenvalue weighted by Crippen LogP contribution is -3.00. The minimum absolute atomic E-state index is 0. The number of rotatable bonds is 7. The molecule has 1 aliphatic carbocycles. The molecule has 1 aromatic carbocycles. The van der Waals surface area contributed by atoms with Crippen LogP contribution in [0.25, 0.3) is 0 Å². The number of nitrogens with one attached hydrogen (secondary N) is 1. The van der Waals surface area contributed by atoms with Crippen LogP contribution >= 0.6 is 11.3 Å². The lowest BCUT2D eigenvalue weighted by Gasteiger charge is -2.12. The highest BCUT2D eigenvalue weighted by Gasteiger charge is 2.20. The van der Waals surface area contributed by atoms with Crippen LogP contribution in [-0.4, -0.2) is 13.2 Å². The van der Waals surface area contributed by atoms with Crippen molar-refractivity contribution >= 4 is 11.3 Å². The van der Waals surface area contributed by atoms with Gasteiger partial charge in [-0.05, 0) is 42.0 Å². The summed E-state index contributed by atoms with van der Waals surface area (Å²) < 4.78 is 11.3. The Labute approximate surface area is 135 Å². The maximum atomic E-state index is 5.83. The summed E-state index contributed by atoms with van der Waals surface area (Å²) in [6, 6.07) is 11.0. The van der Waals surface area contributed by atoms with Crippen molar-refractivity contribution in [2.45, 2.75) is 32.0 Å². The third kappa shape index (κ3) is 4.63. The largest absolute Gasteiger partial charge is 1.00 e. The highest BCUT2D eigenvalue weighted by molar-refractivity contribution is 7.09. The molecule has 3 nitrogen and oxygen atoms in total. The number of benzene rings is 1. The van der Waals surface area contributed by atoms with Gasteiger partial charge >= 0.3 is 0 Å². The van der Waals surface area contributed by atoms with Crippen LogP contribution in [0.2, 0.25) is 0 Å². The van der Waals surface area contributed by atoms with Gasteiger partial charge < -0.3 is 27.2 Å². The summed E-state index contributed by atoms with van der Waals surface area (Å²) in [5, 5.41) is 5.56. The van der Waals surface area contributed by atoms with E-state index in [9.17, 15) is 0 Å². The van der Waals surface area contributed by atoms with E-state index in [4.69, 9.17) is 9.47 Å². The average Bonchev–Trinajstić information content (AvgIpc) is 3.17. The van der Waals surface area contributed by atoms with Crippen LogP contribution in [0.1, 0.15) is 23.3 Å². The van der Waals surface area contributed by atoms with Crippen LogP contribution in [0.5, 0.6) is 11.5 Å². The van der Waals surface area contributed by atoms with Crippen LogP contribution in [0.3, 0.4) is 0 Å². The minimum Gasteiger partial charge on any atom is -1.00 e. The Morgan fingerprint density at radius 3 is 2.76 bits per heavy atom. The Bertz CT molecular complexity index is 555. The van der Waals surface area contributed by atoms with E-state index in [1.165, 1.54) is 23.3 Å². The zero-order valence-electron chi connectivity index (χ0n) is 12.0. The fourth-order valence-corrected chi connectivity index (χ4v) is 2.65. The fraction of sp³-hybridized carbons (Fsp3) is 0.375. The quantitative estimate of drug-likeness (QED) is 0.809. The van der Waals surface area contributed by atoms with Crippen molar-refractivity contribution < 1.29 is 21.9 Å². The summed E-state index contributed by atoms with van der Waals surface area (Å²) in [4.78, 5) is 1.21. The van der Waals surface area contributed by atoms with Gasteiger partial charge in [-0.25, -0.2) is 0 Å². The van der Waals surface area contributed by atoms with E-state index < -0.39 is 0 Å². The molecule has 0 aliphatic heterocycles. The second-order valence-corrected chi connectivity index (χ2v) is 6.04. The molecular weight excluding hydrogens is 306 g/mol. The molecule has 3 rings (SSSR count). The first-order valence-corrected chi connectivity index (χ1v) is 7.78. The molecule has 1 N–H and O–H groups in total. The summed E-state index contributed by atoms with van der Waals surface area (Å²) in [5.41, 5.74) is 1.23. The highest BCUT2D eigenvalue weighted by atomic mass is 35.5. The van der Waals surface area contributed by atoms with Crippen molar-refractivity contribution in [3.05, 3.63) is 46.2 Å².